The molecule has 0 radical (unpaired) electrons. The quantitative estimate of drug-likeness (QED) is 0.451. The number of para-hydroxylation sites is 1. The molecule has 1 aromatic heterocycles. The number of esters is 1. The molecule has 5 heteroatoms. The van der Waals surface area contributed by atoms with Crippen molar-refractivity contribution in [2.24, 2.45) is 0 Å². The lowest BCUT2D eigenvalue weighted by Crippen LogP contribution is -2.23. The number of fused-ring (bicyclic) bond motifs is 1. The Balaban J connectivity index is 2.18. The molecule has 0 atom stereocenters. The van der Waals surface area contributed by atoms with Gasteiger partial charge < -0.3 is 14.0 Å². The van der Waals surface area contributed by atoms with Crippen molar-refractivity contribution in [3.63, 3.8) is 0 Å². The van der Waals surface area contributed by atoms with Gasteiger partial charge in [-0.1, -0.05) is 42.5 Å². The summed E-state index contributed by atoms with van der Waals surface area (Å²) in [6.45, 7) is 1.91. The van der Waals surface area contributed by atoms with Gasteiger partial charge in [0.2, 0.25) is 5.43 Å². The SMILES string of the molecule is CCOC(=O)c1c(-c2ccccc2)n(-c2ccc(OC)cc2)c2ccccc2c1=O. The van der Waals surface area contributed by atoms with Crippen LogP contribution >= 0.6 is 0 Å². The summed E-state index contributed by atoms with van der Waals surface area (Å²) in [7, 11) is 1.61. The van der Waals surface area contributed by atoms with Gasteiger partial charge >= 0.3 is 5.97 Å². The number of carbonyl (C=O) groups is 1. The number of hydrogen-bond acceptors (Lipinski definition) is 4. The van der Waals surface area contributed by atoms with Gasteiger partial charge in [-0.3, -0.25) is 4.79 Å². The monoisotopic (exact) mass is 399 g/mol. The minimum Gasteiger partial charge on any atom is -0.497 e. The van der Waals surface area contributed by atoms with E-state index in [0.717, 1.165) is 17.0 Å². The first-order valence-electron chi connectivity index (χ1n) is 9.70. The first kappa shape index (κ1) is 19.5. The van der Waals surface area contributed by atoms with Crippen LogP contribution in [0.15, 0.2) is 83.7 Å². The summed E-state index contributed by atoms with van der Waals surface area (Å²) in [5, 5.41) is 0.455. The molecule has 0 bridgehead atoms. The van der Waals surface area contributed by atoms with Gasteiger partial charge in [0.1, 0.15) is 11.3 Å². The summed E-state index contributed by atoms with van der Waals surface area (Å²) in [6.07, 6.45) is 0. The minimum atomic E-state index is -0.630. The van der Waals surface area contributed by atoms with E-state index >= 15 is 0 Å². The van der Waals surface area contributed by atoms with E-state index in [9.17, 15) is 9.59 Å². The van der Waals surface area contributed by atoms with E-state index in [1.807, 2.05) is 71.3 Å². The van der Waals surface area contributed by atoms with Crippen LogP contribution in [-0.4, -0.2) is 24.3 Å². The molecule has 0 saturated heterocycles. The number of aromatic nitrogens is 1. The summed E-state index contributed by atoms with van der Waals surface area (Å²) in [5.74, 6) is 0.0883. The topological polar surface area (TPSA) is 57.5 Å². The average Bonchev–Trinajstić information content (AvgIpc) is 2.80. The van der Waals surface area contributed by atoms with E-state index in [1.165, 1.54) is 0 Å². The molecule has 0 saturated carbocycles. The molecule has 0 N–H and O–H groups in total. The molecule has 5 nitrogen and oxygen atoms in total. The summed E-state index contributed by atoms with van der Waals surface area (Å²) >= 11 is 0. The number of carbonyl (C=O) groups excluding carboxylic acids is 1. The molecule has 30 heavy (non-hydrogen) atoms. The van der Waals surface area contributed by atoms with Crippen LogP contribution in [0.25, 0.3) is 27.8 Å². The van der Waals surface area contributed by atoms with Crippen molar-refractivity contribution in [3.8, 4) is 22.7 Å². The van der Waals surface area contributed by atoms with E-state index in [0.29, 0.717) is 16.6 Å². The van der Waals surface area contributed by atoms with Crippen LogP contribution in [0.5, 0.6) is 5.75 Å². The lowest BCUT2D eigenvalue weighted by molar-refractivity contribution is 0.0525. The highest BCUT2D eigenvalue weighted by Gasteiger charge is 2.25. The Kier molecular flexibility index (Phi) is 5.35. The number of ether oxygens (including phenoxy) is 2. The molecule has 150 valence electrons. The average molecular weight is 399 g/mol. The Labute approximate surface area is 174 Å². The molecule has 0 aliphatic heterocycles. The second-order valence-electron chi connectivity index (χ2n) is 6.69. The van der Waals surface area contributed by atoms with E-state index in [-0.39, 0.29) is 17.6 Å². The zero-order chi connectivity index (χ0) is 21.1. The van der Waals surface area contributed by atoms with Crippen molar-refractivity contribution in [1.29, 1.82) is 0 Å². The van der Waals surface area contributed by atoms with Crippen molar-refractivity contribution in [2.45, 2.75) is 6.92 Å². The van der Waals surface area contributed by atoms with Gasteiger partial charge in [-0.2, -0.15) is 0 Å². The first-order chi connectivity index (χ1) is 14.7. The summed E-state index contributed by atoms with van der Waals surface area (Å²) in [4.78, 5) is 26.3. The Morgan fingerprint density at radius 2 is 1.57 bits per heavy atom. The third kappa shape index (κ3) is 3.35. The number of nitrogens with zero attached hydrogens (tertiary/aromatic N) is 1. The van der Waals surface area contributed by atoms with Gasteiger partial charge in [-0.25, -0.2) is 4.79 Å². The Hall–Kier alpha value is -3.86. The fourth-order valence-electron chi connectivity index (χ4n) is 3.60. The molecular formula is C25H21NO4. The molecule has 0 fully saturated rings. The van der Waals surface area contributed by atoms with Crippen molar-refractivity contribution in [3.05, 3.63) is 94.6 Å². The largest absolute Gasteiger partial charge is 0.497 e. The van der Waals surface area contributed by atoms with Crippen LogP contribution in [0.3, 0.4) is 0 Å². The van der Waals surface area contributed by atoms with Gasteiger partial charge in [0.05, 0.1) is 24.9 Å². The van der Waals surface area contributed by atoms with Crippen LogP contribution in [0, 0.1) is 0 Å². The van der Waals surface area contributed by atoms with Crippen LogP contribution in [0.4, 0.5) is 0 Å². The molecule has 4 aromatic rings. The normalized spacial score (nSPS) is 10.7. The number of methoxy groups -OCH3 is 1. The highest BCUT2D eigenvalue weighted by molar-refractivity contribution is 6.01. The zero-order valence-electron chi connectivity index (χ0n) is 16.8. The van der Waals surface area contributed by atoms with Gasteiger partial charge in [-0.05, 0) is 48.9 Å². The maximum absolute atomic E-state index is 13.4. The van der Waals surface area contributed by atoms with Crippen molar-refractivity contribution in [2.75, 3.05) is 13.7 Å². The predicted molar refractivity (Wildman–Crippen MR) is 117 cm³/mol. The number of pyridine rings is 1. The summed E-state index contributed by atoms with van der Waals surface area (Å²) in [6, 6.07) is 24.2. The lowest BCUT2D eigenvalue weighted by atomic mass is 10.0. The first-order valence-corrected chi connectivity index (χ1v) is 9.70. The standard InChI is InChI=1S/C25H21NO4/c1-3-30-25(28)22-23(17-9-5-4-6-10-17)26(18-13-15-19(29-2)16-14-18)21-12-8-7-11-20(21)24(22)27/h4-16H,3H2,1-2H3. The molecule has 0 unspecified atom stereocenters. The molecule has 1 heterocycles. The second-order valence-corrected chi connectivity index (χ2v) is 6.69. The molecular weight excluding hydrogens is 378 g/mol. The third-order valence-corrected chi connectivity index (χ3v) is 4.93. The Morgan fingerprint density at radius 3 is 2.23 bits per heavy atom. The molecule has 0 aliphatic carbocycles. The number of benzene rings is 3. The number of hydrogen-bond donors (Lipinski definition) is 0. The van der Waals surface area contributed by atoms with Gasteiger partial charge in [0, 0.05) is 11.1 Å². The van der Waals surface area contributed by atoms with Crippen LogP contribution in [-0.2, 0) is 4.74 Å². The van der Waals surface area contributed by atoms with E-state index < -0.39 is 5.97 Å². The molecule has 0 aliphatic rings. The molecule has 4 rings (SSSR count). The highest BCUT2D eigenvalue weighted by atomic mass is 16.5. The smallest absolute Gasteiger partial charge is 0.344 e. The van der Waals surface area contributed by atoms with E-state index in [2.05, 4.69) is 0 Å². The fraction of sp³-hybridized carbons (Fsp3) is 0.120. The fourth-order valence-corrected chi connectivity index (χ4v) is 3.60. The Morgan fingerprint density at radius 1 is 0.900 bits per heavy atom. The molecule has 0 amide bonds. The van der Waals surface area contributed by atoms with Gasteiger partial charge in [0.25, 0.3) is 0 Å². The van der Waals surface area contributed by atoms with Crippen LogP contribution in [0.1, 0.15) is 17.3 Å². The third-order valence-electron chi connectivity index (χ3n) is 4.93. The zero-order valence-corrected chi connectivity index (χ0v) is 16.8. The maximum Gasteiger partial charge on any atom is 0.344 e. The summed E-state index contributed by atoms with van der Waals surface area (Å²) < 4.78 is 12.5. The highest BCUT2D eigenvalue weighted by Crippen LogP contribution is 2.31. The van der Waals surface area contributed by atoms with Crippen molar-refractivity contribution in [1.82, 2.24) is 4.57 Å². The van der Waals surface area contributed by atoms with Crippen LogP contribution < -0.4 is 10.2 Å². The number of rotatable bonds is 5. The Bertz CT molecular complexity index is 1260. The van der Waals surface area contributed by atoms with Crippen molar-refractivity contribution >= 4 is 16.9 Å². The predicted octanol–water partition coefficient (Wildman–Crippen LogP) is 4.84. The minimum absolute atomic E-state index is 0.0255. The van der Waals surface area contributed by atoms with Crippen LogP contribution in [0.2, 0.25) is 0 Å². The second kappa shape index (κ2) is 8.25. The lowest BCUT2D eigenvalue weighted by Gasteiger charge is -2.20. The molecule has 3 aromatic carbocycles. The van der Waals surface area contributed by atoms with E-state index in [4.69, 9.17) is 9.47 Å². The summed E-state index contributed by atoms with van der Waals surface area (Å²) in [5.41, 5.74) is 2.45. The van der Waals surface area contributed by atoms with E-state index in [1.54, 1.807) is 26.2 Å². The van der Waals surface area contributed by atoms with Crippen molar-refractivity contribution < 1.29 is 14.3 Å². The van der Waals surface area contributed by atoms with Gasteiger partial charge in [-0.15, -0.1) is 0 Å². The molecule has 0 spiro atoms. The maximum atomic E-state index is 13.4. The van der Waals surface area contributed by atoms with Gasteiger partial charge in [0.15, 0.2) is 0 Å².